The molecule has 0 unspecified atom stereocenters. The number of imide groups is 1. The molecule has 2 amide bonds. The molecule has 0 atom stereocenters. The van der Waals surface area contributed by atoms with Gasteiger partial charge in [-0.1, -0.05) is 18.6 Å². The van der Waals surface area contributed by atoms with E-state index in [0.717, 1.165) is 49.9 Å². The summed E-state index contributed by atoms with van der Waals surface area (Å²) in [6, 6.07) is 7.85. The molecule has 1 heterocycles. The van der Waals surface area contributed by atoms with Crippen LogP contribution < -0.4 is 0 Å². The van der Waals surface area contributed by atoms with E-state index in [9.17, 15) is 9.59 Å². The zero-order valence-electron chi connectivity index (χ0n) is 16.8. The van der Waals surface area contributed by atoms with Gasteiger partial charge >= 0.3 is 0 Å². The standard InChI is InChI=1S/C20H31N2O2.CH3Cl/c1-4-22(5-2,6-3)16-17-11-13-18(14-12-17)20(24)21-15-9-7-8-10-19(21)23;1-2/h11-14H,4-10,15-16H2,1-3H3;1H3/q+1;. The Labute approximate surface area is 163 Å². The first-order chi connectivity index (χ1) is 12.5. The highest BCUT2D eigenvalue weighted by atomic mass is 35.5. The molecule has 1 fully saturated rings. The van der Waals surface area contributed by atoms with Crippen molar-refractivity contribution in [3.8, 4) is 0 Å². The maximum absolute atomic E-state index is 12.6. The number of alkyl halides is 1. The number of hydrogen-bond acceptors (Lipinski definition) is 2. The van der Waals surface area contributed by atoms with E-state index >= 15 is 0 Å². The molecule has 0 saturated carbocycles. The fourth-order valence-electron chi connectivity index (χ4n) is 3.50. The van der Waals surface area contributed by atoms with Crippen LogP contribution in [0.5, 0.6) is 0 Å². The van der Waals surface area contributed by atoms with Crippen LogP contribution in [-0.2, 0) is 11.3 Å². The quantitative estimate of drug-likeness (QED) is 0.414. The summed E-state index contributed by atoms with van der Waals surface area (Å²) in [4.78, 5) is 26.2. The van der Waals surface area contributed by atoms with Crippen molar-refractivity contribution >= 4 is 23.4 Å². The molecule has 0 aliphatic carbocycles. The van der Waals surface area contributed by atoms with Crippen molar-refractivity contribution in [2.45, 2.75) is 53.0 Å². The summed E-state index contributed by atoms with van der Waals surface area (Å²) >= 11 is 4.64. The van der Waals surface area contributed by atoms with E-state index in [1.54, 1.807) is 0 Å². The normalized spacial score (nSPS) is 15.1. The van der Waals surface area contributed by atoms with Crippen LogP contribution in [0.15, 0.2) is 24.3 Å². The van der Waals surface area contributed by atoms with Crippen molar-refractivity contribution in [1.82, 2.24) is 4.90 Å². The number of nitrogens with zero attached hydrogens (tertiary/aromatic N) is 2. The summed E-state index contributed by atoms with van der Waals surface area (Å²) in [7, 11) is 0. The van der Waals surface area contributed by atoms with Crippen molar-refractivity contribution in [1.29, 1.82) is 0 Å². The molecule has 0 spiro atoms. The molecule has 1 aliphatic heterocycles. The summed E-state index contributed by atoms with van der Waals surface area (Å²) in [6.45, 7) is 11.6. The number of quaternary nitrogens is 1. The molecule has 0 aromatic heterocycles. The molecule has 4 nitrogen and oxygen atoms in total. The minimum Gasteiger partial charge on any atom is -0.321 e. The zero-order chi connectivity index (χ0) is 19.6. The Kier molecular flexibility index (Phi) is 9.89. The maximum atomic E-state index is 12.6. The Balaban J connectivity index is 0.00000163. The summed E-state index contributed by atoms with van der Waals surface area (Å²) in [5.74, 6) is -0.170. The van der Waals surface area contributed by atoms with Gasteiger partial charge in [0.25, 0.3) is 5.91 Å². The second-order valence-electron chi connectivity index (χ2n) is 6.81. The van der Waals surface area contributed by atoms with E-state index in [4.69, 9.17) is 0 Å². The number of amides is 2. The van der Waals surface area contributed by atoms with Crippen molar-refractivity contribution in [3.63, 3.8) is 0 Å². The average molecular weight is 382 g/mol. The molecular formula is C21H34ClN2O2+. The lowest BCUT2D eigenvalue weighted by Crippen LogP contribution is -2.46. The first-order valence-corrected chi connectivity index (χ1v) is 10.5. The SMILES string of the molecule is CC[N+](CC)(CC)Cc1ccc(C(=O)N2CCCCCC2=O)cc1.CCl. The van der Waals surface area contributed by atoms with Gasteiger partial charge in [-0.05, 0) is 45.7 Å². The zero-order valence-corrected chi connectivity index (χ0v) is 17.5. The molecule has 146 valence electrons. The molecule has 0 bridgehead atoms. The highest BCUT2D eigenvalue weighted by Gasteiger charge is 2.25. The molecular weight excluding hydrogens is 348 g/mol. The lowest BCUT2D eigenvalue weighted by molar-refractivity contribution is -0.936. The third-order valence-electron chi connectivity index (χ3n) is 5.55. The molecule has 5 heteroatoms. The van der Waals surface area contributed by atoms with Gasteiger partial charge in [0.15, 0.2) is 0 Å². The summed E-state index contributed by atoms with van der Waals surface area (Å²) in [5, 5.41) is 0. The van der Waals surface area contributed by atoms with Gasteiger partial charge in [-0.25, -0.2) is 0 Å². The Bertz CT molecular complexity index is 560. The fourth-order valence-corrected chi connectivity index (χ4v) is 3.50. The molecule has 1 saturated heterocycles. The molecule has 1 aromatic carbocycles. The Morgan fingerprint density at radius 2 is 1.58 bits per heavy atom. The van der Waals surface area contributed by atoms with Gasteiger partial charge in [0.05, 0.1) is 19.6 Å². The first-order valence-electron chi connectivity index (χ1n) is 9.71. The minimum atomic E-state index is -0.143. The molecule has 0 N–H and O–H groups in total. The first kappa shape index (κ1) is 22.7. The summed E-state index contributed by atoms with van der Waals surface area (Å²) in [5.41, 5.74) is 1.87. The predicted molar refractivity (Wildman–Crippen MR) is 108 cm³/mol. The Morgan fingerprint density at radius 1 is 1.00 bits per heavy atom. The van der Waals surface area contributed by atoms with Crippen LogP contribution in [0.3, 0.4) is 0 Å². The fraction of sp³-hybridized carbons (Fsp3) is 0.619. The number of likely N-dealkylation sites (tertiary alicyclic amines) is 1. The summed E-state index contributed by atoms with van der Waals surface area (Å²) in [6.07, 6.45) is 4.80. The van der Waals surface area contributed by atoms with E-state index in [1.807, 2.05) is 24.3 Å². The van der Waals surface area contributed by atoms with Gasteiger partial charge in [-0.2, -0.15) is 0 Å². The van der Waals surface area contributed by atoms with Crippen LogP contribution in [0.4, 0.5) is 0 Å². The molecule has 2 rings (SSSR count). The lowest BCUT2D eigenvalue weighted by Gasteiger charge is -2.35. The van der Waals surface area contributed by atoms with Crippen LogP contribution in [-0.4, -0.2) is 53.8 Å². The third kappa shape index (κ3) is 5.82. The van der Waals surface area contributed by atoms with Gasteiger partial charge in [0.1, 0.15) is 6.54 Å². The van der Waals surface area contributed by atoms with Gasteiger partial charge < -0.3 is 4.48 Å². The third-order valence-corrected chi connectivity index (χ3v) is 5.55. The van der Waals surface area contributed by atoms with E-state index in [-0.39, 0.29) is 11.8 Å². The number of carbonyl (C=O) groups is 2. The average Bonchev–Trinajstić information content (AvgIpc) is 2.92. The maximum Gasteiger partial charge on any atom is 0.260 e. The van der Waals surface area contributed by atoms with Crippen LogP contribution in [0.1, 0.15) is 62.4 Å². The number of rotatable bonds is 6. The van der Waals surface area contributed by atoms with Crippen molar-refractivity contribution in [2.75, 3.05) is 32.6 Å². The van der Waals surface area contributed by atoms with Crippen LogP contribution in [0.2, 0.25) is 0 Å². The molecule has 0 radical (unpaired) electrons. The second-order valence-corrected chi connectivity index (χ2v) is 6.81. The molecule has 1 aliphatic rings. The van der Waals surface area contributed by atoms with Crippen molar-refractivity contribution < 1.29 is 14.1 Å². The predicted octanol–water partition coefficient (Wildman–Crippen LogP) is 4.46. The smallest absolute Gasteiger partial charge is 0.260 e. The summed E-state index contributed by atoms with van der Waals surface area (Å²) < 4.78 is 1.05. The van der Waals surface area contributed by atoms with Gasteiger partial charge in [-0.3, -0.25) is 14.5 Å². The highest BCUT2D eigenvalue weighted by Crippen LogP contribution is 2.18. The van der Waals surface area contributed by atoms with E-state index < -0.39 is 0 Å². The molecule has 1 aromatic rings. The number of halogens is 1. The Morgan fingerprint density at radius 3 is 2.12 bits per heavy atom. The van der Waals surface area contributed by atoms with Crippen LogP contribution in [0.25, 0.3) is 0 Å². The number of carbonyl (C=O) groups excluding carboxylic acids is 2. The monoisotopic (exact) mass is 381 g/mol. The van der Waals surface area contributed by atoms with Gasteiger partial charge in [0.2, 0.25) is 5.91 Å². The van der Waals surface area contributed by atoms with Crippen molar-refractivity contribution in [3.05, 3.63) is 35.4 Å². The number of hydrogen-bond donors (Lipinski definition) is 0. The van der Waals surface area contributed by atoms with Crippen LogP contribution >= 0.6 is 11.6 Å². The lowest BCUT2D eigenvalue weighted by atomic mass is 10.1. The second kappa shape index (κ2) is 11.3. The van der Waals surface area contributed by atoms with Crippen LogP contribution in [0, 0.1) is 0 Å². The van der Waals surface area contributed by atoms with Crippen molar-refractivity contribution in [2.24, 2.45) is 0 Å². The van der Waals surface area contributed by atoms with Gasteiger partial charge in [-0.15, -0.1) is 11.6 Å². The minimum absolute atomic E-state index is 0.0276. The number of benzene rings is 1. The molecule has 26 heavy (non-hydrogen) atoms. The van der Waals surface area contributed by atoms with Gasteiger partial charge in [0, 0.05) is 30.5 Å². The topological polar surface area (TPSA) is 37.4 Å². The van der Waals surface area contributed by atoms with E-state index in [0.29, 0.717) is 18.5 Å². The van der Waals surface area contributed by atoms with E-state index in [1.165, 1.54) is 16.8 Å². The Hall–Kier alpha value is -1.39. The largest absolute Gasteiger partial charge is 0.321 e. The highest BCUT2D eigenvalue weighted by molar-refractivity contribution is 6.15. The van der Waals surface area contributed by atoms with E-state index in [2.05, 4.69) is 32.4 Å².